The van der Waals surface area contributed by atoms with E-state index in [2.05, 4.69) is 0 Å². The highest BCUT2D eigenvalue weighted by Crippen LogP contribution is 2.46. The number of nitrogens with zero attached hydrogens (tertiary/aromatic N) is 1. The van der Waals surface area contributed by atoms with Gasteiger partial charge < -0.3 is 14.9 Å². The first-order chi connectivity index (χ1) is 5.34. The van der Waals surface area contributed by atoms with E-state index in [4.69, 9.17) is 15.2 Å². The second-order valence-electron chi connectivity index (χ2n) is 2.48. The maximum Gasteiger partial charge on any atom is 0.291 e. The smallest absolute Gasteiger partial charge is 0.291 e. The summed E-state index contributed by atoms with van der Waals surface area (Å²) in [5.74, 6) is -1.21. The van der Waals surface area contributed by atoms with E-state index in [0.717, 1.165) is 0 Å². The summed E-state index contributed by atoms with van der Waals surface area (Å²) in [4.78, 5) is 40.1. The van der Waals surface area contributed by atoms with E-state index >= 15 is 0 Å². The molecule has 0 radical (unpaired) electrons. The normalized spacial score (nSPS) is 31.4. The van der Waals surface area contributed by atoms with Crippen LogP contribution in [0, 0.1) is 0 Å². The standard InChI is InChI=1S/C4H8NO6P/c6-3-1-2(12(9,10)11)4(7)5(3)8/h2-3,6,8H,1H2,(H2,9,10,11)/p-1. The fraction of sp³-hybridized carbons (Fsp3) is 0.750. The van der Waals surface area contributed by atoms with E-state index in [-0.39, 0.29) is 5.06 Å². The van der Waals surface area contributed by atoms with Gasteiger partial charge in [-0.15, -0.1) is 0 Å². The van der Waals surface area contributed by atoms with Gasteiger partial charge in [0.2, 0.25) is 0 Å². The van der Waals surface area contributed by atoms with Crippen molar-refractivity contribution in [1.29, 1.82) is 0 Å². The van der Waals surface area contributed by atoms with E-state index in [9.17, 15) is 14.6 Å². The summed E-state index contributed by atoms with van der Waals surface area (Å²) in [6, 6.07) is 0. The summed E-state index contributed by atoms with van der Waals surface area (Å²) >= 11 is 0. The molecule has 0 bridgehead atoms. The summed E-state index contributed by atoms with van der Waals surface area (Å²) in [6.45, 7) is 0. The average Bonchev–Trinajstić information content (AvgIpc) is 2.15. The van der Waals surface area contributed by atoms with E-state index < -0.39 is 32.2 Å². The molecule has 0 saturated carbocycles. The second kappa shape index (κ2) is 2.88. The Balaban J connectivity index is 2.78. The Bertz CT molecular complexity index is 202. The summed E-state index contributed by atoms with van der Waals surface area (Å²) < 4.78 is 0. The van der Waals surface area contributed by atoms with Crippen LogP contribution in [0.25, 0.3) is 0 Å². The third-order valence-corrected chi connectivity index (χ3v) is 2.84. The molecule has 1 amide bonds. The molecule has 1 saturated heterocycles. The molecular weight excluding hydrogens is 189 g/mol. The summed E-state index contributed by atoms with van der Waals surface area (Å²) in [6.07, 6.45) is -2.07. The minimum absolute atomic E-state index is 0.106. The highest BCUT2D eigenvalue weighted by molar-refractivity contribution is 7.57. The summed E-state index contributed by atoms with van der Waals surface area (Å²) in [5, 5.41) is 17.3. The molecule has 0 aromatic rings. The van der Waals surface area contributed by atoms with Gasteiger partial charge in [0.1, 0.15) is 0 Å². The predicted molar refractivity (Wildman–Crippen MR) is 32.2 cm³/mol. The quantitative estimate of drug-likeness (QED) is 0.299. The van der Waals surface area contributed by atoms with E-state index in [1.54, 1.807) is 0 Å². The molecule has 0 aliphatic carbocycles. The summed E-state index contributed by atoms with van der Waals surface area (Å²) in [5.41, 5.74) is -1.72. The molecule has 0 spiro atoms. The van der Waals surface area contributed by atoms with Crippen LogP contribution in [0.4, 0.5) is 0 Å². The van der Waals surface area contributed by atoms with E-state index in [1.165, 1.54) is 0 Å². The number of rotatable bonds is 1. The van der Waals surface area contributed by atoms with Crippen LogP contribution in [-0.4, -0.2) is 38.1 Å². The molecule has 12 heavy (non-hydrogen) atoms. The Kier molecular flexibility index (Phi) is 2.35. The number of aliphatic hydroxyl groups is 1. The van der Waals surface area contributed by atoms with Gasteiger partial charge in [0.05, 0.1) is 7.94 Å². The van der Waals surface area contributed by atoms with Crippen LogP contribution in [0.1, 0.15) is 6.42 Å². The molecule has 0 aromatic carbocycles. The van der Waals surface area contributed by atoms with Crippen LogP contribution in [0.2, 0.25) is 0 Å². The zero-order valence-corrected chi connectivity index (χ0v) is 6.72. The van der Waals surface area contributed by atoms with Gasteiger partial charge in [-0.1, -0.05) is 0 Å². The van der Waals surface area contributed by atoms with Crippen molar-refractivity contribution in [3.63, 3.8) is 0 Å². The van der Waals surface area contributed by atoms with Crippen LogP contribution in [0.5, 0.6) is 0 Å². The lowest BCUT2D eigenvalue weighted by Crippen LogP contribution is -2.38. The van der Waals surface area contributed by atoms with Crippen LogP contribution in [0.15, 0.2) is 0 Å². The monoisotopic (exact) mass is 196 g/mol. The largest absolute Gasteiger partial charge is 0.659 e. The topological polar surface area (TPSA) is 127 Å². The third-order valence-electron chi connectivity index (χ3n) is 1.62. The molecule has 8 heteroatoms. The van der Waals surface area contributed by atoms with Crippen molar-refractivity contribution >= 4 is 13.9 Å². The molecule has 1 heterocycles. The van der Waals surface area contributed by atoms with E-state index in [0.29, 0.717) is 0 Å². The predicted octanol–water partition coefficient (Wildman–Crippen LogP) is -3.23. The molecule has 70 valence electrons. The van der Waals surface area contributed by atoms with Crippen molar-refractivity contribution in [3.8, 4) is 0 Å². The fourth-order valence-corrected chi connectivity index (χ4v) is 1.83. The summed E-state index contributed by atoms with van der Waals surface area (Å²) in [7, 11) is -4.81. The lowest BCUT2D eigenvalue weighted by molar-refractivity contribution is -0.333. The maximum absolute atomic E-state index is 10.7. The lowest BCUT2D eigenvalue weighted by Gasteiger charge is -2.31. The molecular formula is C4H7NO6P-. The van der Waals surface area contributed by atoms with Crippen molar-refractivity contribution in [2.24, 2.45) is 0 Å². The van der Waals surface area contributed by atoms with Crippen LogP contribution >= 0.6 is 7.94 Å². The van der Waals surface area contributed by atoms with Crippen molar-refractivity contribution < 1.29 is 29.8 Å². The first-order valence-corrected chi connectivity index (χ1v) is 4.72. The number of hydrogen-bond donors (Lipinski definition) is 3. The molecule has 1 aliphatic heterocycles. The number of hydrogen-bond acceptors (Lipinski definition) is 6. The second-order valence-corrected chi connectivity index (χ2v) is 4.23. The first kappa shape index (κ1) is 9.79. The van der Waals surface area contributed by atoms with Gasteiger partial charge in [0.25, 0.3) is 5.91 Å². The number of carbonyl (C=O) groups excluding carboxylic acids is 1. The zero-order valence-electron chi connectivity index (χ0n) is 5.82. The van der Waals surface area contributed by atoms with Crippen LogP contribution < -0.4 is 9.79 Å². The number of carbonyl (C=O) groups is 1. The van der Waals surface area contributed by atoms with Crippen LogP contribution in [0.3, 0.4) is 0 Å². The van der Waals surface area contributed by atoms with Gasteiger partial charge in [0.15, 0.2) is 11.9 Å². The molecule has 7 nitrogen and oxygen atoms in total. The number of aliphatic hydroxyl groups excluding tert-OH is 1. The fourth-order valence-electron chi connectivity index (χ4n) is 0.973. The van der Waals surface area contributed by atoms with Crippen molar-refractivity contribution in [3.05, 3.63) is 0 Å². The Morgan fingerprint density at radius 2 is 2.08 bits per heavy atom. The highest BCUT2D eigenvalue weighted by atomic mass is 31.2. The van der Waals surface area contributed by atoms with Gasteiger partial charge in [-0.3, -0.25) is 14.9 Å². The van der Waals surface area contributed by atoms with Gasteiger partial charge in [-0.2, -0.15) is 5.06 Å². The molecule has 1 aliphatic rings. The maximum atomic E-state index is 10.7. The highest BCUT2D eigenvalue weighted by Gasteiger charge is 2.46. The van der Waals surface area contributed by atoms with Gasteiger partial charge in [-0.05, 0) is 0 Å². The minimum Gasteiger partial charge on any atom is -0.659 e. The zero-order chi connectivity index (χ0) is 9.52. The van der Waals surface area contributed by atoms with Crippen LogP contribution in [-0.2, 0) is 4.79 Å². The molecule has 2 atom stereocenters. The number of amides is 1. The Morgan fingerprint density at radius 3 is 2.25 bits per heavy atom. The average molecular weight is 196 g/mol. The Labute approximate surface area is 68.0 Å². The molecule has 1 fully saturated rings. The van der Waals surface area contributed by atoms with Gasteiger partial charge in [-0.25, -0.2) is 0 Å². The first-order valence-electron chi connectivity index (χ1n) is 3.07. The molecule has 1 rings (SSSR count). The van der Waals surface area contributed by atoms with Crippen molar-refractivity contribution in [2.75, 3.05) is 0 Å². The number of hydroxylamine groups is 2. The van der Waals surface area contributed by atoms with Crippen molar-refractivity contribution in [1.82, 2.24) is 5.06 Å². The molecule has 2 unspecified atom stereocenters. The third kappa shape index (κ3) is 1.56. The van der Waals surface area contributed by atoms with Crippen molar-refractivity contribution in [2.45, 2.75) is 18.3 Å². The Hall–Kier alpha value is -0.300. The lowest BCUT2D eigenvalue weighted by atomic mass is 10.3. The Morgan fingerprint density at radius 1 is 1.58 bits per heavy atom. The van der Waals surface area contributed by atoms with Gasteiger partial charge >= 0.3 is 0 Å². The van der Waals surface area contributed by atoms with E-state index in [1.807, 2.05) is 0 Å². The molecule has 3 N–H and O–H groups in total. The van der Waals surface area contributed by atoms with Gasteiger partial charge in [0, 0.05) is 6.42 Å². The SMILES string of the molecule is O=C1C([P+]([O-])([O-])O)CC(O)N1O. The minimum atomic E-state index is -4.81. The molecule has 0 aromatic heterocycles.